The molecule has 7 heteroatoms. The van der Waals surface area contributed by atoms with E-state index in [9.17, 15) is 14.3 Å². The number of likely N-dealkylation sites (tertiary alicyclic amines) is 1. The molecule has 29 heavy (non-hydrogen) atoms. The van der Waals surface area contributed by atoms with Gasteiger partial charge in [-0.25, -0.2) is 9.37 Å². The maximum absolute atomic E-state index is 13.8. The van der Waals surface area contributed by atoms with Gasteiger partial charge >= 0.3 is 0 Å². The quantitative estimate of drug-likeness (QED) is 0.714. The van der Waals surface area contributed by atoms with Crippen LogP contribution in [0.3, 0.4) is 0 Å². The lowest BCUT2D eigenvalue weighted by atomic mass is 9.95. The molecule has 2 heterocycles. The highest BCUT2D eigenvalue weighted by Gasteiger charge is 2.25. The molecule has 0 aliphatic carbocycles. The lowest BCUT2D eigenvalue weighted by Gasteiger charge is -2.31. The molecule has 2 aromatic carbocycles. The third kappa shape index (κ3) is 4.09. The number of benzene rings is 2. The third-order valence-electron chi connectivity index (χ3n) is 5.04. The molecule has 1 aliphatic rings. The van der Waals surface area contributed by atoms with Crippen molar-refractivity contribution in [3.05, 3.63) is 66.2 Å². The molecule has 4 rings (SSSR count). The second-order valence-corrected chi connectivity index (χ2v) is 7.14. The van der Waals surface area contributed by atoms with E-state index in [1.54, 1.807) is 35.4 Å². The van der Waals surface area contributed by atoms with Crippen molar-refractivity contribution in [1.82, 2.24) is 14.9 Å². The average Bonchev–Trinajstić information content (AvgIpc) is 2.73. The standard InChI is InChI=1S/C22H21FN4O2/c23-16-4-1-3-14(9-16)18-7-6-15(20-11-26-21(24)12-25-20)10-19(18)22(29)27-8-2-5-17(28)13-27/h1,3-4,6-7,9-12,17,28H,2,5,8,13H2,(H2,24,26)/t17-/m0/s1. The van der Waals surface area contributed by atoms with Crippen molar-refractivity contribution >= 4 is 11.7 Å². The summed E-state index contributed by atoms with van der Waals surface area (Å²) in [6, 6.07) is 11.5. The van der Waals surface area contributed by atoms with Gasteiger partial charge in [0.1, 0.15) is 11.6 Å². The normalized spacial score (nSPS) is 16.6. The maximum Gasteiger partial charge on any atom is 0.254 e. The van der Waals surface area contributed by atoms with Gasteiger partial charge in [-0.15, -0.1) is 0 Å². The van der Waals surface area contributed by atoms with Crippen LogP contribution < -0.4 is 5.73 Å². The first-order chi connectivity index (χ1) is 14.0. The molecular formula is C22H21FN4O2. The van der Waals surface area contributed by atoms with Crippen molar-refractivity contribution in [2.75, 3.05) is 18.8 Å². The van der Waals surface area contributed by atoms with Gasteiger partial charge in [0, 0.05) is 24.2 Å². The van der Waals surface area contributed by atoms with Crippen molar-refractivity contribution in [3.8, 4) is 22.4 Å². The Morgan fingerprint density at radius 1 is 1.14 bits per heavy atom. The predicted molar refractivity (Wildman–Crippen MR) is 108 cm³/mol. The number of nitrogen functional groups attached to an aromatic ring is 1. The van der Waals surface area contributed by atoms with Crippen molar-refractivity contribution in [3.63, 3.8) is 0 Å². The Bertz CT molecular complexity index is 1040. The van der Waals surface area contributed by atoms with Crippen LogP contribution in [-0.2, 0) is 0 Å². The smallest absolute Gasteiger partial charge is 0.254 e. The van der Waals surface area contributed by atoms with Gasteiger partial charge < -0.3 is 15.7 Å². The summed E-state index contributed by atoms with van der Waals surface area (Å²) in [6.07, 6.45) is 3.90. The third-order valence-corrected chi connectivity index (χ3v) is 5.04. The summed E-state index contributed by atoms with van der Waals surface area (Å²) >= 11 is 0. The first kappa shape index (κ1) is 19.0. The molecule has 1 aliphatic heterocycles. The van der Waals surface area contributed by atoms with E-state index < -0.39 is 6.10 Å². The molecule has 0 bridgehead atoms. The van der Waals surface area contributed by atoms with E-state index in [2.05, 4.69) is 9.97 Å². The Morgan fingerprint density at radius 2 is 2.00 bits per heavy atom. The summed E-state index contributed by atoms with van der Waals surface area (Å²) in [5, 5.41) is 9.98. The van der Waals surface area contributed by atoms with E-state index in [1.807, 2.05) is 6.07 Å². The Morgan fingerprint density at radius 3 is 2.72 bits per heavy atom. The number of halogens is 1. The number of rotatable bonds is 3. The Kier molecular flexibility index (Phi) is 5.22. The molecule has 1 fully saturated rings. The molecule has 1 aromatic heterocycles. The van der Waals surface area contributed by atoms with E-state index >= 15 is 0 Å². The van der Waals surface area contributed by atoms with Crippen LogP contribution in [0.2, 0.25) is 0 Å². The fourth-order valence-corrected chi connectivity index (χ4v) is 3.58. The second-order valence-electron chi connectivity index (χ2n) is 7.14. The summed E-state index contributed by atoms with van der Waals surface area (Å²) in [6.45, 7) is 0.859. The van der Waals surface area contributed by atoms with Crippen LogP contribution in [-0.4, -0.2) is 45.1 Å². The van der Waals surface area contributed by atoms with Gasteiger partial charge in [0.25, 0.3) is 5.91 Å². The lowest BCUT2D eigenvalue weighted by Crippen LogP contribution is -2.42. The largest absolute Gasteiger partial charge is 0.391 e. The first-order valence-electron chi connectivity index (χ1n) is 9.46. The van der Waals surface area contributed by atoms with Gasteiger partial charge in [0.05, 0.1) is 24.2 Å². The van der Waals surface area contributed by atoms with Crippen LogP contribution in [0.1, 0.15) is 23.2 Å². The Labute approximate surface area is 167 Å². The summed E-state index contributed by atoms with van der Waals surface area (Å²) in [4.78, 5) is 23.3. The number of anilines is 1. The SMILES string of the molecule is Nc1cnc(-c2ccc(-c3cccc(F)c3)c(C(=O)N3CCC[C@H](O)C3)c2)cn1. The number of nitrogens with zero attached hydrogens (tertiary/aromatic N) is 3. The molecule has 0 radical (unpaired) electrons. The van der Waals surface area contributed by atoms with Gasteiger partial charge in [-0.05, 0) is 42.2 Å². The maximum atomic E-state index is 13.8. The summed E-state index contributed by atoms with van der Waals surface area (Å²) in [7, 11) is 0. The molecule has 3 N–H and O–H groups in total. The number of nitrogens with two attached hydrogens (primary N) is 1. The number of amides is 1. The zero-order chi connectivity index (χ0) is 20.4. The molecule has 3 aromatic rings. The van der Waals surface area contributed by atoms with Gasteiger partial charge in [0.2, 0.25) is 0 Å². The fourth-order valence-electron chi connectivity index (χ4n) is 3.58. The van der Waals surface area contributed by atoms with Crippen LogP contribution >= 0.6 is 0 Å². The molecule has 0 saturated carbocycles. The summed E-state index contributed by atoms with van der Waals surface area (Å²) < 4.78 is 13.8. The number of aliphatic hydroxyl groups excluding tert-OH is 1. The number of hydrogen-bond acceptors (Lipinski definition) is 5. The average molecular weight is 392 g/mol. The molecule has 6 nitrogen and oxygen atoms in total. The van der Waals surface area contributed by atoms with Crippen LogP contribution in [0.5, 0.6) is 0 Å². The van der Waals surface area contributed by atoms with Crippen molar-refractivity contribution in [1.29, 1.82) is 0 Å². The minimum atomic E-state index is -0.531. The van der Waals surface area contributed by atoms with Gasteiger partial charge in [0.15, 0.2) is 0 Å². The molecule has 1 atom stereocenters. The first-order valence-corrected chi connectivity index (χ1v) is 9.46. The van der Waals surface area contributed by atoms with E-state index in [4.69, 9.17) is 5.73 Å². The predicted octanol–water partition coefficient (Wildman–Crippen LogP) is 3.13. The lowest BCUT2D eigenvalue weighted by molar-refractivity contribution is 0.0474. The van der Waals surface area contributed by atoms with Gasteiger partial charge in [-0.2, -0.15) is 0 Å². The molecule has 0 spiro atoms. The second kappa shape index (κ2) is 7.97. The highest BCUT2D eigenvalue weighted by molar-refractivity contribution is 6.02. The van der Waals surface area contributed by atoms with Crippen molar-refractivity contribution < 1.29 is 14.3 Å². The van der Waals surface area contributed by atoms with Gasteiger partial charge in [-0.1, -0.05) is 24.3 Å². The summed E-state index contributed by atoms with van der Waals surface area (Å²) in [5.41, 5.74) is 8.57. The Hall–Kier alpha value is -3.32. The minimum absolute atomic E-state index is 0.201. The number of carbonyl (C=O) groups is 1. The van der Waals surface area contributed by atoms with Crippen LogP contribution in [0.25, 0.3) is 22.4 Å². The summed E-state index contributed by atoms with van der Waals surface area (Å²) in [5.74, 6) is -0.264. The number of hydrogen-bond donors (Lipinski definition) is 2. The zero-order valence-corrected chi connectivity index (χ0v) is 15.8. The highest BCUT2D eigenvalue weighted by atomic mass is 19.1. The monoisotopic (exact) mass is 392 g/mol. The van der Waals surface area contributed by atoms with Crippen LogP contribution in [0.15, 0.2) is 54.9 Å². The molecule has 0 unspecified atom stereocenters. The minimum Gasteiger partial charge on any atom is -0.391 e. The topological polar surface area (TPSA) is 92.3 Å². The van der Waals surface area contributed by atoms with E-state index in [1.165, 1.54) is 18.3 Å². The number of β-amino-alcohol motifs (C(OH)–C–C–N with tert-alkyl or cyclic N) is 1. The van der Waals surface area contributed by atoms with E-state index in [0.717, 1.165) is 6.42 Å². The number of aromatic nitrogens is 2. The van der Waals surface area contributed by atoms with Crippen LogP contribution in [0, 0.1) is 5.82 Å². The van der Waals surface area contributed by atoms with E-state index in [0.29, 0.717) is 46.7 Å². The molecular weight excluding hydrogens is 371 g/mol. The Balaban J connectivity index is 1.80. The van der Waals surface area contributed by atoms with Crippen molar-refractivity contribution in [2.45, 2.75) is 18.9 Å². The van der Waals surface area contributed by atoms with Gasteiger partial charge in [-0.3, -0.25) is 9.78 Å². The van der Waals surface area contributed by atoms with Crippen LogP contribution in [0.4, 0.5) is 10.2 Å². The fraction of sp³-hybridized carbons (Fsp3) is 0.227. The molecule has 1 saturated heterocycles. The zero-order valence-electron chi connectivity index (χ0n) is 15.8. The number of aliphatic hydroxyl groups is 1. The number of piperidine rings is 1. The number of carbonyl (C=O) groups excluding carboxylic acids is 1. The molecule has 1 amide bonds. The highest BCUT2D eigenvalue weighted by Crippen LogP contribution is 2.30. The molecule has 148 valence electrons. The van der Waals surface area contributed by atoms with Crippen molar-refractivity contribution in [2.24, 2.45) is 0 Å². The van der Waals surface area contributed by atoms with E-state index in [-0.39, 0.29) is 18.3 Å².